The van der Waals surface area contributed by atoms with Crippen LogP contribution in [0.1, 0.15) is 20.8 Å². The third-order valence-electron chi connectivity index (χ3n) is 3.88. The van der Waals surface area contributed by atoms with Crippen LogP contribution in [0.2, 0.25) is 5.02 Å². The van der Waals surface area contributed by atoms with Gasteiger partial charge in [0.2, 0.25) is 0 Å². The Bertz CT molecular complexity index is 861. The average molecular weight is 346 g/mol. The minimum absolute atomic E-state index is 0.0603. The normalized spacial score (nSPS) is 13.9. The SMILES string of the molecule is O=C(c1cc(Cl)ccc1-n1cnnn1)N1CCc2sccc2C1. The molecule has 0 saturated carbocycles. The van der Waals surface area contributed by atoms with E-state index in [0.717, 1.165) is 6.42 Å². The van der Waals surface area contributed by atoms with Crippen molar-refractivity contribution in [3.05, 3.63) is 57.0 Å². The number of aromatic nitrogens is 4. The number of hydrogen-bond acceptors (Lipinski definition) is 5. The fourth-order valence-electron chi connectivity index (χ4n) is 2.74. The first-order valence-corrected chi connectivity index (χ1v) is 8.35. The molecule has 0 saturated heterocycles. The summed E-state index contributed by atoms with van der Waals surface area (Å²) in [6.45, 7) is 1.33. The molecule has 0 bridgehead atoms. The summed E-state index contributed by atoms with van der Waals surface area (Å²) >= 11 is 7.84. The Labute approximate surface area is 141 Å². The number of fused-ring (bicyclic) bond motifs is 1. The van der Waals surface area contributed by atoms with E-state index in [0.29, 0.717) is 29.4 Å². The zero-order valence-corrected chi connectivity index (χ0v) is 13.6. The highest BCUT2D eigenvalue weighted by Gasteiger charge is 2.25. The van der Waals surface area contributed by atoms with Crippen LogP contribution in [0.5, 0.6) is 0 Å². The number of hydrogen-bond donors (Lipinski definition) is 0. The van der Waals surface area contributed by atoms with Gasteiger partial charge in [-0.05, 0) is 52.1 Å². The number of nitrogens with zero attached hydrogens (tertiary/aromatic N) is 5. The van der Waals surface area contributed by atoms with Crippen molar-refractivity contribution >= 4 is 28.8 Å². The molecule has 3 aromatic rings. The summed E-state index contributed by atoms with van der Waals surface area (Å²) in [5.41, 5.74) is 2.35. The number of carbonyl (C=O) groups excluding carboxylic acids is 1. The molecular formula is C15H12ClN5OS. The van der Waals surface area contributed by atoms with E-state index >= 15 is 0 Å². The maximum Gasteiger partial charge on any atom is 0.256 e. The first kappa shape index (κ1) is 14.3. The van der Waals surface area contributed by atoms with Gasteiger partial charge in [0.05, 0.1) is 11.3 Å². The Morgan fingerprint density at radius 1 is 1.30 bits per heavy atom. The van der Waals surface area contributed by atoms with Gasteiger partial charge in [0.1, 0.15) is 6.33 Å². The monoisotopic (exact) mass is 345 g/mol. The maximum atomic E-state index is 13.0. The van der Waals surface area contributed by atoms with E-state index in [1.165, 1.54) is 21.4 Å². The van der Waals surface area contributed by atoms with Gasteiger partial charge in [-0.2, -0.15) is 4.68 Å². The molecule has 0 fully saturated rings. The highest BCUT2D eigenvalue weighted by Crippen LogP contribution is 2.27. The van der Waals surface area contributed by atoms with E-state index in [1.807, 2.05) is 4.90 Å². The molecule has 0 radical (unpaired) electrons. The summed E-state index contributed by atoms with van der Waals surface area (Å²) < 4.78 is 1.48. The fourth-order valence-corrected chi connectivity index (χ4v) is 3.80. The average Bonchev–Trinajstić information content (AvgIpc) is 3.24. The molecule has 0 spiro atoms. The van der Waals surface area contributed by atoms with E-state index in [1.54, 1.807) is 29.5 Å². The molecule has 2 aromatic heterocycles. The van der Waals surface area contributed by atoms with E-state index in [9.17, 15) is 4.79 Å². The number of halogens is 1. The third kappa shape index (κ3) is 2.62. The lowest BCUT2D eigenvalue weighted by atomic mass is 10.1. The van der Waals surface area contributed by atoms with Crippen molar-refractivity contribution in [2.45, 2.75) is 13.0 Å². The second kappa shape index (κ2) is 5.75. The van der Waals surface area contributed by atoms with Crippen LogP contribution in [0.25, 0.3) is 5.69 Å². The summed E-state index contributed by atoms with van der Waals surface area (Å²) in [6, 6.07) is 7.23. The van der Waals surface area contributed by atoms with Gasteiger partial charge in [0.15, 0.2) is 0 Å². The van der Waals surface area contributed by atoms with Crippen LogP contribution in [0.4, 0.5) is 0 Å². The van der Waals surface area contributed by atoms with Crippen LogP contribution in [0, 0.1) is 0 Å². The van der Waals surface area contributed by atoms with Crippen LogP contribution in [0.15, 0.2) is 36.0 Å². The van der Waals surface area contributed by atoms with E-state index in [4.69, 9.17) is 11.6 Å². The van der Waals surface area contributed by atoms with Crippen LogP contribution < -0.4 is 0 Å². The fraction of sp³-hybridized carbons (Fsp3) is 0.200. The van der Waals surface area contributed by atoms with Gasteiger partial charge in [-0.3, -0.25) is 4.79 Å². The lowest BCUT2D eigenvalue weighted by Crippen LogP contribution is -2.35. The third-order valence-corrected chi connectivity index (χ3v) is 5.14. The van der Waals surface area contributed by atoms with Crippen LogP contribution in [-0.4, -0.2) is 37.6 Å². The highest BCUT2D eigenvalue weighted by atomic mass is 35.5. The maximum absolute atomic E-state index is 13.0. The van der Waals surface area contributed by atoms with E-state index in [2.05, 4.69) is 27.0 Å². The molecular weight excluding hydrogens is 334 g/mol. The van der Waals surface area contributed by atoms with Crippen molar-refractivity contribution in [3.8, 4) is 5.69 Å². The molecule has 8 heteroatoms. The molecule has 4 rings (SSSR count). The summed E-state index contributed by atoms with van der Waals surface area (Å²) in [5.74, 6) is -0.0603. The smallest absolute Gasteiger partial charge is 0.256 e. The zero-order valence-electron chi connectivity index (χ0n) is 12.0. The minimum Gasteiger partial charge on any atom is -0.334 e. The lowest BCUT2D eigenvalue weighted by Gasteiger charge is -2.27. The Balaban J connectivity index is 1.70. The number of amides is 1. The molecule has 6 nitrogen and oxygen atoms in total. The number of rotatable bonds is 2. The van der Waals surface area contributed by atoms with Crippen LogP contribution in [0.3, 0.4) is 0 Å². The molecule has 116 valence electrons. The summed E-state index contributed by atoms with van der Waals surface area (Å²) in [7, 11) is 0. The predicted molar refractivity (Wildman–Crippen MR) is 86.9 cm³/mol. The van der Waals surface area contributed by atoms with Gasteiger partial charge in [0.25, 0.3) is 5.91 Å². The Kier molecular flexibility index (Phi) is 3.59. The molecule has 1 amide bonds. The zero-order chi connectivity index (χ0) is 15.8. The van der Waals surface area contributed by atoms with Crippen LogP contribution >= 0.6 is 22.9 Å². The van der Waals surface area contributed by atoms with Gasteiger partial charge in [-0.25, -0.2) is 0 Å². The quantitative estimate of drug-likeness (QED) is 0.716. The van der Waals surface area contributed by atoms with Gasteiger partial charge in [0, 0.05) is 23.0 Å². The largest absolute Gasteiger partial charge is 0.334 e. The number of carbonyl (C=O) groups is 1. The van der Waals surface area contributed by atoms with E-state index in [-0.39, 0.29) is 5.91 Å². The summed E-state index contributed by atoms with van der Waals surface area (Å²) in [6.07, 6.45) is 2.35. The standard InChI is InChI=1S/C15H12ClN5OS/c16-11-1-2-13(21-9-17-18-19-21)12(7-11)15(22)20-5-3-14-10(8-20)4-6-23-14/h1-2,4,6-7,9H,3,5,8H2. The van der Waals surface area contributed by atoms with Gasteiger partial charge in [-0.15, -0.1) is 16.4 Å². The Hall–Kier alpha value is -2.25. The van der Waals surface area contributed by atoms with E-state index < -0.39 is 0 Å². The molecule has 1 aliphatic rings. The topological polar surface area (TPSA) is 63.9 Å². The Morgan fingerprint density at radius 2 is 2.22 bits per heavy atom. The summed E-state index contributed by atoms with van der Waals surface area (Å²) in [5, 5.41) is 13.7. The number of thiophene rings is 1. The second-order valence-electron chi connectivity index (χ2n) is 5.26. The highest BCUT2D eigenvalue weighted by molar-refractivity contribution is 7.10. The van der Waals surface area contributed by atoms with Gasteiger partial charge < -0.3 is 4.90 Å². The van der Waals surface area contributed by atoms with Gasteiger partial charge in [-0.1, -0.05) is 11.6 Å². The Morgan fingerprint density at radius 3 is 3.04 bits per heavy atom. The second-order valence-corrected chi connectivity index (χ2v) is 6.70. The predicted octanol–water partition coefficient (Wildman–Crippen LogP) is 2.58. The van der Waals surface area contributed by atoms with Crippen LogP contribution in [-0.2, 0) is 13.0 Å². The molecule has 0 N–H and O–H groups in total. The first-order chi connectivity index (χ1) is 11.2. The lowest BCUT2D eigenvalue weighted by molar-refractivity contribution is 0.0735. The van der Waals surface area contributed by atoms with Crippen molar-refractivity contribution < 1.29 is 4.79 Å². The summed E-state index contributed by atoms with van der Waals surface area (Å²) in [4.78, 5) is 16.2. The first-order valence-electron chi connectivity index (χ1n) is 7.10. The van der Waals surface area contributed by atoms with Gasteiger partial charge >= 0.3 is 0 Å². The molecule has 0 unspecified atom stereocenters. The minimum atomic E-state index is -0.0603. The molecule has 0 atom stereocenters. The van der Waals surface area contributed by atoms with Crippen molar-refractivity contribution in [3.63, 3.8) is 0 Å². The van der Waals surface area contributed by atoms with Crippen molar-refractivity contribution in [2.24, 2.45) is 0 Å². The molecule has 0 aliphatic carbocycles. The molecule has 23 heavy (non-hydrogen) atoms. The molecule has 1 aliphatic heterocycles. The van der Waals surface area contributed by atoms with Crippen molar-refractivity contribution in [1.29, 1.82) is 0 Å². The molecule has 3 heterocycles. The number of benzene rings is 1. The molecule has 1 aromatic carbocycles. The van der Waals surface area contributed by atoms with Crippen molar-refractivity contribution in [1.82, 2.24) is 25.1 Å². The van der Waals surface area contributed by atoms with Crippen molar-refractivity contribution in [2.75, 3.05) is 6.54 Å². The number of tetrazole rings is 1.